The number of hydrogen-bond acceptors (Lipinski definition) is 8. The monoisotopic (exact) mass is 494 g/mol. The van der Waals surface area contributed by atoms with Crippen molar-refractivity contribution in [3.8, 4) is 12.1 Å². The van der Waals surface area contributed by atoms with Crippen molar-refractivity contribution < 1.29 is 16.8 Å². The number of aryl methyl sites for hydroxylation is 1. The second-order valence-corrected chi connectivity index (χ2v) is 11.8. The third-order valence-corrected chi connectivity index (χ3v) is 9.94. The Morgan fingerprint density at radius 2 is 1.33 bits per heavy atom. The second-order valence-electron chi connectivity index (χ2n) is 6.81. The lowest BCUT2D eigenvalue weighted by atomic mass is 10.2. The minimum absolute atomic E-state index is 0.187. The Bertz CT molecular complexity index is 1610. The largest absolute Gasteiger partial charge is 0.279 e. The second kappa shape index (κ2) is 8.30. The molecule has 1 heterocycles. The average molecular weight is 495 g/mol. The fourth-order valence-electron chi connectivity index (χ4n) is 3.30. The fourth-order valence-corrected chi connectivity index (χ4v) is 8.04. The van der Waals surface area contributed by atoms with Crippen LogP contribution in [0.5, 0.6) is 0 Å². The maximum atomic E-state index is 13.8. The Hall–Kier alpha value is -3.77. The maximum absolute atomic E-state index is 13.8. The van der Waals surface area contributed by atoms with Crippen molar-refractivity contribution in [2.45, 2.75) is 16.7 Å². The predicted molar refractivity (Wildman–Crippen MR) is 124 cm³/mol. The molecule has 0 saturated carbocycles. The molecule has 0 bridgehead atoms. The molecule has 0 aliphatic heterocycles. The molecular weight excluding hydrogens is 480 g/mol. The molecule has 0 unspecified atom stereocenters. The van der Waals surface area contributed by atoms with E-state index >= 15 is 0 Å². The molecule has 0 amide bonds. The zero-order valence-electron chi connectivity index (χ0n) is 17.0. The van der Waals surface area contributed by atoms with Crippen LogP contribution in [0.2, 0.25) is 0 Å². The van der Waals surface area contributed by atoms with Crippen molar-refractivity contribution in [2.24, 2.45) is 0 Å². The summed E-state index contributed by atoms with van der Waals surface area (Å²) in [6.07, 6.45) is 0. The summed E-state index contributed by atoms with van der Waals surface area (Å²) in [7, 11) is -9.60. The van der Waals surface area contributed by atoms with Crippen LogP contribution in [-0.4, -0.2) is 21.8 Å². The number of hydrogen-bond donors (Lipinski definition) is 0. The summed E-state index contributed by atoms with van der Waals surface area (Å²) in [6.45, 7) is 1.78. The van der Waals surface area contributed by atoms with Crippen molar-refractivity contribution in [3.05, 3.63) is 82.9 Å². The summed E-state index contributed by atoms with van der Waals surface area (Å²) < 4.78 is 56.1. The molecule has 0 radical (unpaired) electrons. The zero-order valence-corrected chi connectivity index (χ0v) is 19.4. The summed E-state index contributed by atoms with van der Waals surface area (Å²) in [5.41, 5.74) is -0.186. The van der Waals surface area contributed by atoms with Gasteiger partial charge in [-0.2, -0.15) is 31.1 Å². The van der Waals surface area contributed by atoms with Gasteiger partial charge < -0.3 is 0 Å². The van der Waals surface area contributed by atoms with Gasteiger partial charge in [0.25, 0.3) is 20.0 Å². The number of rotatable bonds is 5. The zero-order chi connectivity index (χ0) is 23.8. The van der Waals surface area contributed by atoms with Crippen LogP contribution in [0.3, 0.4) is 0 Å². The summed E-state index contributed by atoms with van der Waals surface area (Å²) in [5.74, 6) is 0. The van der Waals surface area contributed by atoms with E-state index in [1.807, 2.05) is 0 Å². The van der Waals surface area contributed by atoms with Gasteiger partial charge in [-0.25, -0.2) is 4.98 Å². The van der Waals surface area contributed by atoms with Crippen LogP contribution in [0.1, 0.15) is 16.1 Å². The standard InChI is InChI=1S/C22H14N4O4S3/c1-15-25-19-12-18(10-11-20(19)31-15)26(32(27,28)21-8-4-2-6-16(21)13-23)33(29,30)22-9-5-3-7-17(22)14-24/h2-12H,1H3. The first kappa shape index (κ1) is 22.4. The first-order chi connectivity index (χ1) is 15.7. The first-order valence-corrected chi connectivity index (χ1v) is 13.1. The lowest BCUT2D eigenvalue weighted by molar-refractivity contribution is 0.584. The van der Waals surface area contributed by atoms with Crippen molar-refractivity contribution in [1.82, 2.24) is 4.98 Å². The number of nitrogens with zero attached hydrogens (tertiary/aromatic N) is 4. The number of nitriles is 2. The third-order valence-electron chi connectivity index (χ3n) is 4.70. The van der Waals surface area contributed by atoms with Gasteiger partial charge in [0.2, 0.25) is 0 Å². The highest BCUT2D eigenvalue weighted by Gasteiger charge is 2.39. The quantitative estimate of drug-likeness (QED) is 0.410. The van der Waals surface area contributed by atoms with E-state index in [1.165, 1.54) is 59.9 Å². The van der Waals surface area contributed by atoms with Gasteiger partial charge in [0.1, 0.15) is 21.9 Å². The summed E-state index contributed by atoms with van der Waals surface area (Å²) >= 11 is 1.38. The van der Waals surface area contributed by atoms with Gasteiger partial charge >= 0.3 is 0 Å². The van der Waals surface area contributed by atoms with Gasteiger partial charge in [-0.05, 0) is 49.4 Å². The van der Waals surface area contributed by atoms with Crippen molar-refractivity contribution in [1.29, 1.82) is 10.5 Å². The van der Waals surface area contributed by atoms with E-state index in [9.17, 15) is 27.4 Å². The average Bonchev–Trinajstić information content (AvgIpc) is 3.18. The van der Waals surface area contributed by atoms with Gasteiger partial charge in [-0.15, -0.1) is 11.3 Å². The van der Waals surface area contributed by atoms with Gasteiger partial charge in [0, 0.05) is 0 Å². The van der Waals surface area contributed by atoms with Crippen molar-refractivity contribution in [2.75, 3.05) is 3.71 Å². The van der Waals surface area contributed by atoms with Crippen LogP contribution in [0.15, 0.2) is 76.5 Å². The molecule has 3 aromatic carbocycles. The molecule has 11 heteroatoms. The van der Waals surface area contributed by atoms with Crippen LogP contribution < -0.4 is 3.71 Å². The topological polar surface area (TPSA) is 132 Å². The third kappa shape index (κ3) is 3.83. The molecule has 0 saturated heterocycles. The van der Waals surface area contributed by atoms with Crippen molar-refractivity contribution in [3.63, 3.8) is 0 Å². The minimum Gasteiger partial charge on any atom is -0.241 e. The molecule has 0 aliphatic rings. The molecule has 0 aliphatic carbocycles. The number of sulfonamides is 2. The number of aromatic nitrogens is 1. The van der Waals surface area contributed by atoms with E-state index in [0.717, 1.165) is 21.8 Å². The number of anilines is 1. The first-order valence-electron chi connectivity index (χ1n) is 9.36. The normalized spacial score (nSPS) is 11.6. The highest BCUT2D eigenvalue weighted by Crippen LogP contribution is 2.35. The predicted octanol–water partition coefficient (Wildman–Crippen LogP) is 3.93. The Balaban J connectivity index is 2.06. The van der Waals surface area contributed by atoms with Crippen LogP contribution in [0.25, 0.3) is 10.2 Å². The van der Waals surface area contributed by atoms with Crippen molar-refractivity contribution >= 4 is 47.3 Å². The number of fused-ring (bicyclic) bond motifs is 1. The smallest absolute Gasteiger partial charge is 0.241 e. The Morgan fingerprint density at radius 1 is 0.818 bits per heavy atom. The van der Waals surface area contributed by atoms with Gasteiger partial charge in [-0.1, -0.05) is 24.3 Å². The number of benzene rings is 3. The van der Waals surface area contributed by atoms with Gasteiger partial charge in [0.15, 0.2) is 0 Å². The van der Waals surface area contributed by atoms with E-state index in [0.29, 0.717) is 5.52 Å². The van der Waals surface area contributed by atoms with Crippen LogP contribution in [0, 0.1) is 29.6 Å². The Labute approximate surface area is 194 Å². The molecule has 0 atom stereocenters. The van der Waals surface area contributed by atoms with E-state index in [-0.39, 0.29) is 20.5 Å². The number of thiazole rings is 1. The highest BCUT2D eigenvalue weighted by atomic mass is 32.3. The van der Waals surface area contributed by atoms with Gasteiger partial charge in [0.05, 0.1) is 32.0 Å². The molecule has 164 valence electrons. The van der Waals surface area contributed by atoms with E-state index < -0.39 is 29.8 Å². The summed E-state index contributed by atoms with van der Waals surface area (Å²) in [6, 6.07) is 18.5. The Kier molecular flexibility index (Phi) is 5.64. The molecule has 4 aromatic rings. The molecule has 0 spiro atoms. The lowest BCUT2D eigenvalue weighted by Crippen LogP contribution is -2.37. The van der Waals surface area contributed by atoms with E-state index in [1.54, 1.807) is 25.1 Å². The van der Waals surface area contributed by atoms with E-state index in [4.69, 9.17) is 0 Å². The minimum atomic E-state index is -4.80. The molecule has 0 fully saturated rings. The molecular formula is C22H14N4O4S3. The van der Waals surface area contributed by atoms with Crippen LogP contribution >= 0.6 is 11.3 Å². The fraction of sp³-hybridized carbons (Fsp3) is 0.0455. The van der Waals surface area contributed by atoms with Crippen LogP contribution in [-0.2, 0) is 20.0 Å². The van der Waals surface area contributed by atoms with Crippen LogP contribution in [0.4, 0.5) is 5.69 Å². The molecule has 33 heavy (non-hydrogen) atoms. The SMILES string of the molecule is Cc1nc2cc(N(S(=O)(=O)c3ccccc3C#N)S(=O)(=O)c3ccccc3C#N)ccc2s1. The molecule has 4 rings (SSSR count). The molecule has 8 nitrogen and oxygen atoms in total. The molecule has 0 N–H and O–H groups in total. The van der Waals surface area contributed by atoms with E-state index in [2.05, 4.69) is 4.98 Å². The summed E-state index contributed by atoms with van der Waals surface area (Å²) in [5, 5.41) is 19.6. The maximum Gasteiger partial charge on any atom is 0.279 e. The molecule has 1 aromatic heterocycles. The van der Waals surface area contributed by atoms with Gasteiger partial charge in [-0.3, -0.25) is 0 Å². The Morgan fingerprint density at radius 3 is 1.85 bits per heavy atom. The summed E-state index contributed by atoms with van der Waals surface area (Å²) in [4.78, 5) is 3.39. The lowest BCUT2D eigenvalue weighted by Gasteiger charge is -2.25. The highest BCUT2D eigenvalue weighted by molar-refractivity contribution is 8.10.